The number of hydrogen-bond donors (Lipinski definition) is 1. The number of ether oxygens (including phenoxy) is 1. The van der Waals surface area contributed by atoms with Crippen LogP contribution in [0.1, 0.15) is 59.6 Å². The molecule has 3 rings (SSSR count). The highest BCUT2D eigenvalue weighted by molar-refractivity contribution is 5.89. The number of hydrogen-bond acceptors (Lipinski definition) is 4. The first kappa shape index (κ1) is 17.4. The van der Waals surface area contributed by atoms with E-state index in [-0.39, 0.29) is 5.56 Å². The van der Waals surface area contributed by atoms with Crippen molar-refractivity contribution in [3.63, 3.8) is 0 Å². The summed E-state index contributed by atoms with van der Waals surface area (Å²) in [6.45, 7) is 0.430. The molecule has 0 aliphatic heterocycles. The summed E-state index contributed by atoms with van der Waals surface area (Å²) in [5.41, 5.74) is 2.69. The van der Waals surface area contributed by atoms with Gasteiger partial charge in [0.2, 0.25) is 0 Å². The number of carbonyl (C=O) groups is 1. The first-order valence-electron chi connectivity index (χ1n) is 8.74. The van der Waals surface area contributed by atoms with Gasteiger partial charge in [0.15, 0.2) is 0 Å². The fourth-order valence-electron chi connectivity index (χ4n) is 3.31. The van der Waals surface area contributed by atoms with E-state index in [4.69, 9.17) is 0 Å². The Morgan fingerprint density at radius 2 is 2.04 bits per heavy atom. The summed E-state index contributed by atoms with van der Waals surface area (Å²) < 4.78 is 18.7. The molecule has 1 aromatic heterocycles. The molecule has 1 saturated carbocycles. The second kappa shape index (κ2) is 8.10. The van der Waals surface area contributed by atoms with Crippen LogP contribution in [0.5, 0.6) is 0 Å². The van der Waals surface area contributed by atoms with Crippen molar-refractivity contribution < 1.29 is 13.9 Å². The van der Waals surface area contributed by atoms with E-state index >= 15 is 0 Å². The van der Waals surface area contributed by atoms with Gasteiger partial charge in [-0.1, -0.05) is 25.3 Å². The van der Waals surface area contributed by atoms with Gasteiger partial charge in [0.1, 0.15) is 5.82 Å². The van der Waals surface area contributed by atoms with E-state index in [1.807, 2.05) is 12.3 Å². The van der Waals surface area contributed by atoms with Crippen LogP contribution in [0.15, 0.2) is 36.5 Å². The zero-order chi connectivity index (χ0) is 17.6. The van der Waals surface area contributed by atoms with E-state index < -0.39 is 11.8 Å². The van der Waals surface area contributed by atoms with Gasteiger partial charge in [-0.3, -0.25) is 4.98 Å². The van der Waals surface area contributed by atoms with Gasteiger partial charge in [-0.05, 0) is 48.6 Å². The monoisotopic (exact) mass is 342 g/mol. The molecule has 0 atom stereocenters. The highest BCUT2D eigenvalue weighted by Crippen LogP contribution is 2.32. The maximum Gasteiger partial charge on any atom is 0.337 e. The Bertz CT molecular complexity index is 725. The number of carbonyl (C=O) groups excluding carboxylic acids is 1. The first-order valence-corrected chi connectivity index (χ1v) is 8.74. The molecule has 0 unspecified atom stereocenters. The third-order valence-corrected chi connectivity index (χ3v) is 4.77. The zero-order valence-electron chi connectivity index (χ0n) is 14.4. The Morgan fingerprint density at radius 1 is 1.24 bits per heavy atom. The summed E-state index contributed by atoms with van der Waals surface area (Å²) in [4.78, 5) is 15.9. The van der Waals surface area contributed by atoms with E-state index in [0.717, 1.165) is 5.69 Å². The maximum absolute atomic E-state index is 14.1. The Hall–Kier alpha value is -2.43. The van der Waals surface area contributed by atoms with Gasteiger partial charge >= 0.3 is 5.97 Å². The molecule has 1 N–H and O–H groups in total. The minimum absolute atomic E-state index is 0.195. The van der Waals surface area contributed by atoms with Gasteiger partial charge in [-0.2, -0.15) is 0 Å². The van der Waals surface area contributed by atoms with Crippen molar-refractivity contribution in [1.29, 1.82) is 0 Å². The van der Waals surface area contributed by atoms with Crippen molar-refractivity contribution in [2.24, 2.45) is 0 Å². The number of anilines is 1. The van der Waals surface area contributed by atoms with Crippen molar-refractivity contribution >= 4 is 11.7 Å². The van der Waals surface area contributed by atoms with Crippen molar-refractivity contribution in [3.8, 4) is 0 Å². The normalized spacial score (nSPS) is 15.0. The van der Waals surface area contributed by atoms with Crippen LogP contribution < -0.4 is 5.32 Å². The molecule has 0 radical (unpaired) electrons. The van der Waals surface area contributed by atoms with Crippen LogP contribution >= 0.6 is 0 Å². The van der Waals surface area contributed by atoms with Gasteiger partial charge in [0.05, 0.1) is 30.6 Å². The van der Waals surface area contributed by atoms with E-state index in [0.29, 0.717) is 18.2 Å². The Balaban J connectivity index is 1.60. The molecule has 4 nitrogen and oxygen atoms in total. The number of rotatable bonds is 5. The van der Waals surface area contributed by atoms with Gasteiger partial charge in [-0.25, -0.2) is 9.18 Å². The van der Waals surface area contributed by atoms with Crippen molar-refractivity contribution in [2.75, 3.05) is 12.4 Å². The molecule has 0 saturated heterocycles. The van der Waals surface area contributed by atoms with Gasteiger partial charge < -0.3 is 10.1 Å². The molecule has 0 amide bonds. The summed E-state index contributed by atoms with van der Waals surface area (Å²) in [7, 11) is 1.27. The summed E-state index contributed by atoms with van der Waals surface area (Å²) in [5, 5.41) is 3.02. The predicted molar refractivity (Wildman–Crippen MR) is 95.1 cm³/mol. The Morgan fingerprint density at radius 3 is 2.68 bits per heavy atom. The summed E-state index contributed by atoms with van der Waals surface area (Å²) in [5.74, 6) is -0.404. The molecular weight excluding hydrogens is 319 g/mol. The van der Waals surface area contributed by atoms with Crippen molar-refractivity contribution in [1.82, 2.24) is 4.98 Å². The minimum Gasteiger partial charge on any atom is -0.465 e. The van der Waals surface area contributed by atoms with Crippen LogP contribution in [0, 0.1) is 5.82 Å². The van der Waals surface area contributed by atoms with E-state index in [2.05, 4.69) is 21.1 Å². The number of nitrogens with one attached hydrogen (secondary N) is 1. The van der Waals surface area contributed by atoms with Crippen LogP contribution in [0.4, 0.5) is 10.1 Å². The number of halogens is 1. The fourth-order valence-corrected chi connectivity index (χ4v) is 3.31. The molecule has 5 heteroatoms. The van der Waals surface area contributed by atoms with Crippen LogP contribution in [0.3, 0.4) is 0 Å². The smallest absolute Gasteiger partial charge is 0.337 e. The Kier molecular flexibility index (Phi) is 5.64. The standard InChI is InChI=1S/C20H23FN2O2/c1-25-20(24)15-8-10-19(18(21)11-15)23-13-17-9-7-16(12-22-17)14-5-3-2-4-6-14/h7-12,14,23H,2-6,13H2,1H3. The average Bonchev–Trinajstić information content (AvgIpc) is 2.67. The van der Waals surface area contributed by atoms with Gasteiger partial charge in [-0.15, -0.1) is 0 Å². The third-order valence-electron chi connectivity index (χ3n) is 4.77. The lowest BCUT2D eigenvalue weighted by atomic mass is 9.85. The molecule has 1 aliphatic rings. The molecule has 0 spiro atoms. The quantitative estimate of drug-likeness (QED) is 0.803. The number of methoxy groups -OCH3 is 1. The number of benzene rings is 1. The lowest BCUT2D eigenvalue weighted by Gasteiger charge is -2.21. The minimum atomic E-state index is -0.551. The molecular formula is C20H23FN2O2. The van der Waals surface area contributed by atoms with Crippen LogP contribution in [-0.4, -0.2) is 18.1 Å². The average molecular weight is 342 g/mol. The summed E-state index contributed by atoms with van der Waals surface area (Å²) in [6.07, 6.45) is 8.38. The van der Waals surface area contributed by atoms with E-state index in [1.54, 1.807) is 0 Å². The molecule has 1 fully saturated rings. The highest BCUT2D eigenvalue weighted by atomic mass is 19.1. The fraction of sp³-hybridized carbons (Fsp3) is 0.400. The highest BCUT2D eigenvalue weighted by Gasteiger charge is 2.15. The summed E-state index contributed by atoms with van der Waals surface area (Å²) >= 11 is 0. The largest absolute Gasteiger partial charge is 0.465 e. The van der Waals surface area contributed by atoms with Crippen LogP contribution in [0.2, 0.25) is 0 Å². The SMILES string of the molecule is COC(=O)c1ccc(NCc2ccc(C3CCCCC3)cn2)c(F)c1. The molecule has 1 heterocycles. The second-order valence-corrected chi connectivity index (χ2v) is 6.46. The molecule has 2 aromatic rings. The number of aromatic nitrogens is 1. The Labute approximate surface area is 147 Å². The topological polar surface area (TPSA) is 51.2 Å². The first-order chi connectivity index (χ1) is 12.2. The summed E-state index contributed by atoms with van der Waals surface area (Å²) in [6, 6.07) is 8.39. The predicted octanol–water partition coefficient (Wildman–Crippen LogP) is 4.67. The molecule has 1 aromatic carbocycles. The third kappa shape index (κ3) is 4.35. The van der Waals surface area contributed by atoms with Crippen LogP contribution in [-0.2, 0) is 11.3 Å². The van der Waals surface area contributed by atoms with E-state index in [9.17, 15) is 9.18 Å². The maximum atomic E-state index is 14.1. The van der Waals surface area contributed by atoms with E-state index in [1.165, 1.54) is 63.0 Å². The van der Waals surface area contributed by atoms with Crippen molar-refractivity contribution in [2.45, 2.75) is 44.6 Å². The van der Waals surface area contributed by atoms with Crippen molar-refractivity contribution in [3.05, 3.63) is 59.2 Å². The molecule has 132 valence electrons. The lowest BCUT2D eigenvalue weighted by molar-refractivity contribution is 0.0600. The number of nitrogens with zero attached hydrogens (tertiary/aromatic N) is 1. The molecule has 1 aliphatic carbocycles. The lowest BCUT2D eigenvalue weighted by Crippen LogP contribution is -2.08. The zero-order valence-corrected chi connectivity index (χ0v) is 14.4. The number of pyridine rings is 1. The van der Waals surface area contributed by atoms with Gasteiger partial charge in [0, 0.05) is 6.20 Å². The molecule has 25 heavy (non-hydrogen) atoms. The van der Waals surface area contributed by atoms with Crippen LogP contribution in [0.25, 0.3) is 0 Å². The molecule has 0 bridgehead atoms. The second-order valence-electron chi connectivity index (χ2n) is 6.46. The van der Waals surface area contributed by atoms with Gasteiger partial charge in [0.25, 0.3) is 0 Å². The number of esters is 1.